The monoisotopic (exact) mass is 618 g/mol. The SMILES string of the molecule is CCc1c(F)ccc2cc(O)cc(N3Cc4nc(OCC56CCCN5CC(F)C6)nc(N5CCCC6(CCNC6)C5)c4C3=O)c12. The molecule has 6 heterocycles. The van der Waals surface area contributed by atoms with Crippen molar-refractivity contribution in [3.63, 3.8) is 0 Å². The Morgan fingerprint density at radius 3 is 2.84 bits per heavy atom. The second kappa shape index (κ2) is 10.8. The lowest BCUT2D eigenvalue weighted by Crippen LogP contribution is -2.45. The Morgan fingerprint density at radius 1 is 1.16 bits per heavy atom. The number of ether oxygens (including phenoxy) is 1. The molecule has 0 saturated carbocycles. The van der Waals surface area contributed by atoms with E-state index in [2.05, 4.69) is 15.1 Å². The highest BCUT2D eigenvalue weighted by atomic mass is 19.1. The number of anilines is 2. The maximum atomic E-state index is 15.0. The van der Waals surface area contributed by atoms with Gasteiger partial charge in [0.25, 0.3) is 5.91 Å². The van der Waals surface area contributed by atoms with Crippen molar-refractivity contribution in [2.24, 2.45) is 5.41 Å². The number of nitrogens with one attached hydrogen (secondary N) is 1. The van der Waals surface area contributed by atoms with Crippen LogP contribution in [0.3, 0.4) is 0 Å². The molecule has 0 bridgehead atoms. The number of phenolic OH excluding ortho intramolecular Hbond substituents is 1. The highest BCUT2D eigenvalue weighted by molar-refractivity contribution is 6.16. The van der Waals surface area contributed by atoms with Gasteiger partial charge in [0, 0.05) is 49.5 Å². The normalized spacial score (nSPS) is 28.1. The van der Waals surface area contributed by atoms with Crippen molar-refractivity contribution in [1.82, 2.24) is 20.2 Å². The number of benzene rings is 2. The molecule has 1 aromatic heterocycles. The summed E-state index contributed by atoms with van der Waals surface area (Å²) in [6.07, 6.45) is 5.08. The summed E-state index contributed by atoms with van der Waals surface area (Å²) < 4.78 is 35.9. The molecule has 8 rings (SSSR count). The van der Waals surface area contributed by atoms with Gasteiger partial charge < -0.3 is 25.0 Å². The number of piperidine rings is 1. The molecule has 9 nitrogen and oxygen atoms in total. The van der Waals surface area contributed by atoms with E-state index in [0.29, 0.717) is 65.1 Å². The summed E-state index contributed by atoms with van der Waals surface area (Å²) in [7, 11) is 0. The van der Waals surface area contributed by atoms with Gasteiger partial charge in [0.1, 0.15) is 35.7 Å². The number of halogens is 2. The number of fused-ring (bicyclic) bond motifs is 3. The fraction of sp³-hybridized carbons (Fsp3) is 0.559. The Bertz CT molecular complexity index is 1680. The number of aromatic nitrogens is 2. The fourth-order valence-corrected chi connectivity index (χ4v) is 8.87. The summed E-state index contributed by atoms with van der Waals surface area (Å²) in [5.74, 6) is -0.0511. The van der Waals surface area contributed by atoms with Gasteiger partial charge in [-0.25, -0.2) is 8.78 Å². The minimum atomic E-state index is -0.865. The number of hydrogen-bond acceptors (Lipinski definition) is 8. The van der Waals surface area contributed by atoms with Gasteiger partial charge >= 0.3 is 6.01 Å². The van der Waals surface area contributed by atoms with Crippen molar-refractivity contribution < 1.29 is 23.4 Å². The van der Waals surface area contributed by atoms with Crippen LogP contribution in [0, 0.1) is 11.2 Å². The number of carbonyl (C=O) groups excluding carboxylic acids is 1. The molecule has 0 radical (unpaired) electrons. The van der Waals surface area contributed by atoms with E-state index >= 15 is 4.39 Å². The number of aromatic hydroxyl groups is 1. The molecule has 3 atom stereocenters. The number of rotatable bonds is 6. The zero-order valence-corrected chi connectivity index (χ0v) is 25.7. The largest absolute Gasteiger partial charge is 0.508 e. The molecule has 45 heavy (non-hydrogen) atoms. The third-order valence-corrected chi connectivity index (χ3v) is 11.0. The van der Waals surface area contributed by atoms with Crippen LogP contribution in [0.2, 0.25) is 0 Å². The van der Waals surface area contributed by atoms with E-state index < -0.39 is 6.17 Å². The average molecular weight is 619 g/mol. The topological polar surface area (TPSA) is 94.1 Å². The van der Waals surface area contributed by atoms with Crippen LogP contribution in [0.4, 0.5) is 20.3 Å². The van der Waals surface area contributed by atoms with Gasteiger partial charge in [-0.15, -0.1) is 0 Å². The molecule has 4 fully saturated rings. The second-order valence-electron chi connectivity index (χ2n) is 13.8. The molecule has 2 N–H and O–H groups in total. The van der Waals surface area contributed by atoms with E-state index in [1.54, 1.807) is 17.0 Å². The number of phenols is 1. The number of nitrogens with zero attached hydrogens (tertiary/aromatic N) is 5. The number of alkyl halides is 1. The molecule has 5 aliphatic rings. The van der Waals surface area contributed by atoms with Gasteiger partial charge in [0.15, 0.2) is 0 Å². The second-order valence-corrected chi connectivity index (χ2v) is 13.8. The molecule has 4 saturated heterocycles. The minimum absolute atomic E-state index is 0.0000535. The van der Waals surface area contributed by atoms with Crippen molar-refractivity contribution in [2.75, 3.05) is 55.7 Å². The van der Waals surface area contributed by atoms with E-state index in [0.717, 1.165) is 64.8 Å². The lowest BCUT2D eigenvalue weighted by Gasteiger charge is -2.41. The zero-order valence-electron chi connectivity index (χ0n) is 25.7. The standard InChI is InChI=1S/C34H40F2N6O3/c1-2-24-25(36)6-5-21-13-23(43)14-27(28(21)24)42-17-26-29(31(42)44)30(40-11-3-7-33(19-40)9-10-37-18-33)39-32(38-26)45-20-34-8-4-12-41(34)16-22(35)15-34/h5-6,13-14,22,37,43H,2-4,7-12,15-20H2,1H3. The van der Waals surface area contributed by atoms with Crippen LogP contribution < -0.4 is 19.9 Å². The molecule has 0 aliphatic carbocycles. The highest BCUT2D eigenvalue weighted by Gasteiger charge is 2.50. The van der Waals surface area contributed by atoms with Crippen LogP contribution in [0.15, 0.2) is 24.3 Å². The Hall–Kier alpha value is -3.57. The summed E-state index contributed by atoms with van der Waals surface area (Å²) in [5.41, 5.74) is 1.70. The first kappa shape index (κ1) is 28.9. The molecule has 1 amide bonds. The first-order valence-electron chi connectivity index (χ1n) is 16.4. The number of carbonyl (C=O) groups is 1. The lowest BCUT2D eigenvalue weighted by molar-refractivity contribution is 0.0995. The predicted octanol–water partition coefficient (Wildman–Crippen LogP) is 4.73. The first-order chi connectivity index (χ1) is 21.8. The summed E-state index contributed by atoms with van der Waals surface area (Å²) in [5, 5.41) is 15.5. The summed E-state index contributed by atoms with van der Waals surface area (Å²) in [6, 6.07) is 6.38. The third-order valence-electron chi connectivity index (χ3n) is 11.0. The van der Waals surface area contributed by atoms with E-state index in [9.17, 15) is 14.3 Å². The molecule has 11 heteroatoms. The van der Waals surface area contributed by atoms with Gasteiger partial charge in [0.2, 0.25) is 0 Å². The summed E-state index contributed by atoms with van der Waals surface area (Å²) in [4.78, 5) is 30.1. The van der Waals surface area contributed by atoms with Crippen molar-refractivity contribution in [2.45, 2.75) is 70.1 Å². The van der Waals surface area contributed by atoms with E-state index in [1.807, 2.05) is 6.92 Å². The molecule has 1 spiro atoms. The molecule has 3 unspecified atom stereocenters. The number of amides is 1. The number of hydrogen-bond donors (Lipinski definition) is 2. The van der Waals surface area contributed by atoms with Gasteiger partial charge in [-0.05, 0) is 74.7 Å². The highest BCUT2D eigenvalue weighted by Crippen LogP contribution is 2.44. The molecule has 3 aromatic rings. The maximum Gasteiger partial charge on any atom is 0.318 e. The van der Waals surface area contributed by atoms with Crippen LogP contribution >= 0.6 is 0 Å². The van der Waals surface area contributed by atoms with Crippen LogP contribution in [0.25, 0.3) is 10.8 Å². The third kappa shape index (κ3) is 4.72. The summed E-state index contributed by atoms with van der Waals surface area (Å²) in [6.45, 7) is 7.08. The molecule has 238 valence electrons. The molecule has 5 aliphatic heterocycles. The Labute approximate surface area is 261 Å². The average Bonchev–Trinajstić information content (AvgIpc) is 3.78. The minimum Gasteiger partial charge on any atom is -0.508 e. The van der Waals surface area contributed by atoms with E-state index in [-0.39, 0.29) is 41.0 Å². The molecular formula is C34H40F2N6O3. The van der Waals surface area contributed by atoms with E-state index in [4.69, 9.17) is 14.7 Å². The van der Waals surface area contributed by atoms with Crippen molar-refractivity contribution in [3.05, 3.63) is 46.9 Å². The maximum absolute atomic E-state index is 15.0. The fourth-order valence-electron chi connectivity index (χ4n) is 8.87. The van der Waals surface area contributed by atoms with Gasteiger partial charge in [-0.3, -0.25) is 9.69 Å². The van der Waals surface area contributed by atoms with Crippen LogP contribution in [-0.2, 0) is 13.0 Å². The first-order valence-corrected chi connectivity index (χ1v) is 16.4. The quantitative estimate of drug-likeness (QED) is 0.410. The van der Waals surface area contributed by atoms with Crippen molar-refractivity contribution in [1.29, 1.82) is 0 Å². The van der Waals surface area contributed by atoms with Crippen LogP contribution in [0.5, 0.6) is 11.8 Å². The van der Waals surface area contributed by atoms with Gasteiger partial charge in [-0.2, -0.15) is 9.97 Å². The molecular weight excluding hydrogens is 578 g/mol. The molecule has 2 aromatic carbocycles. The van der Waals surface area contributed by atoms with E-state index in [1.165, 1.54) is 12.1 Å². The Balaban J connectivity index is 1.20. The van der Waals surface area contributed by atoms with Gasteiger partial charge in [0.05, 0.1) is 23.5 Å². The zero-order chi connectivity index (χ0) is 30.9. The van der Waals surface area contributed by atoms with Crippen molar-refractivity contribution in [3.8, 4) is 11.8 Å². The Kier molecular flexibility index (Phi) is 6.90. The van der Waals surface area contributed by atoms with Crippen LogP contribution in [-0.4, -0.2) is 83.5 Å². The van der Waals surface area contributed by atoms with Crippen molar-refractivity contribution >= 4 is 28.2 Å². The smallest absolute Gasteiger partial charge is 0.318 e. The lowest BCUT2D eigenvalue weighted by atomic mass is 9.79. The van der Waals surface area contributed by atoms with Gasteiger partial charge in [-0.1, -0.05) is 13.0 Å². The number of aryl methyl sites for hydroxylation is 1. The Morgan fingerprint density at radius 2 is 2.02 bits per heavy atom. The summed E-state index contributed by atoms with van der Waals surface area (Å²) >= 11 is 0. The van der Waals surface area contributed by atoms with Crippen LogP contribution in [0.1, 0.15) is 67.1 Å². The predicted molar refractivity (Wildman–Crippen MR) is 167 cm³/mol.